The maximum atomic E-state index is 12.1. The first kappa shape index (κ1) is 21.2. The number of benzene rings is 1. The Labute approximate surface area is 139 Å². The number of hydrogen-bond acceptors (Lipinski definition) is 5. The van der Waals surface area contributed by atoms with Crippen LogP contribution >= 0.6 is 0 Å². The number of carbonyl (C=O) groups is 1. The monoisotopic (exact) mass is 326 g/mol. The Hall–Kier alpha value is -1.75. The maximum absolute atomic E-state index is 12.1. The number of aromatic hydroxyl groups is 1. The molecule has 0 radical (unpaired) electrons. The second-order valence-corrected chi connectivity index (χ2v) is 5.72. The first-order valence-electron chi connectivity index (χ1n) is 7.10. The summed E-state index contributed by atoms with van der Waals surface area (Å²) < 4.78 is 11.0. The summed E-state index contributed by atoms with van der Waals surface area (Å²) in [4.78, 5) is 12.1. The van der Waals surface area contributed by atoms with Gasteiger partial charge in [0, 0.05) is 12.0 Å². The van der Waals surface area contributed by atoms with E-state index in [1.54, 1.807) is 6.92 Å². The van der Waals surface area contributed by atoms with Crippen LogP contribution in [0.4, 0.5) is 0 Å². The molecule has 1 aliphatic rings. The van der Waals surface area contributed by atoms with Crippen LogP contribution in [0, 0.1) is 20.8 Å². The third kappa shape index (κ3) is 3.61. The molecule has 1 aromatic rings. The van der Waals surface area contributed by atoms with Crippen molar-refractivity contribution in [3.05, 3.63) is 22.3 Å². The van der Waals surface area contributed by atoms with Gasteiger partial charge in [0.25, 0.3) is 0 Å². The highest BCUT2D eigenvalue weighted by atomic mass is 16.6. The van der Waals surface area contributed by atoms with E-state index in [1.807, 2.05) is 20.8 Å². The molecule has 23 heavy (non-hydrogen) atoms. The SMILES string of the molecule is C.C.Cc1c(C)c2c(c(C)c1O)CC[C@@](C)(C(=O)OCCO)O2. The molecule has 0 saturated carbocycles. The number of aliphatic hydroxyl groups excluding tert-OH is 1. The zero-order valence-corrected chi connectivity index (χ0v) is 12.9. The molecule has 5 nitrogen and oxygen atoms in total. The fourth-order valence-corrected chi connectivity index (χ4v) is 2.68. The van der Waals surface area contributed by atoms with Gasteiger partial charge in [-0.1, -0.05) is 14.9 Å². The minimum atomic E-state index is -1.05. The van der Waals surface area contributed by atoms with Crippen molar-refractivity contribution in [2.24, 2.45) is 0 Å². The summed E-state index contributed by atoms with van der Waals surface area (Å²) >= 11 is 0. The average molecular weight is 326 g/mol. The fourth-order valence-electron chi connectivity index (χ4n) is 2.68. The molecule has 1 aromatic carbocycles. The van der Waals surface area contributed by atoms with Gasteiger partial charge < -0.3 is 19.7 Å². The van der Waals surface area contributed by atoms with Gasteiger partial charge >= 0.3 is 5.97 Å². The third-order valence-electron chi connectivity index (χ3n) is 4.28. The second-order valence-electron chi connectivity index (χ2n) is 5.72. The number of esters is 1. The van der Waals surface area contributed by atoms with Gasteiger partial charge in [0.15, 0.2) is 0 Å². The first-order valence-corrected chi connectivity index (χ1v) is 7.10. The highest BCUT2D eigenvalue weighted by Gasteiger charge is 2.42. The van der Waals surface area contributed by atoms with Crippen LogP contribution in [0.25, 0.3) is 0 Å². The predicted octanol–water partition coefficient (Wildman–Crippen LogP) is 3.21. The van der Waals surface area contributed by atoms with Crippen LogP contribution in [0.5, 0.6) is 11.5 Å². The van der Waals surface area contributed by atoms with E-state index in [1.165, 1.54) is 0 Å². The minimum absolute atomic E-state index is 0. The van der Waals surface area contributed by atoms with Crippen molar-refractivity contribution < 1.29 is 24.5 Å². The Balaban J connectivity index is 0.00000242. The number of hydrogen-bond donors (Lipinski definition) is 2. The van der Waals surface area contributed by atoms with Gasteiger partial charge in [-0.3, -0.25) is 0 Å². The molecule has 0 amide bonds. The van der Waals surface area contributed by atoms with Gasteiger partial charge in [-0.05, 0) is 50.8 Å². The van der Waals surface area contributed by atoms with Crippen LogP contribution in [0.3, 0.4) is 0 Å². The number of ether oxygens (including phenoxy) is 2. The van der Waals surface area contributed by atoms with E-state index in [-0.39, 0.29) is 28.1 Å². The number of phenolic OH excluding ortho intramolecular Hbond substituents is 1. The number of phenols is 1. The Morgan fingerprint density at radius 1 is 1.22 bits per heavy atom. The summed E-state index contributed by atoms with van der Waals surface area (Å²) in [6.07, 6.45) is 1.12. The molecule has 0 bridgehead atoms. The second kappa shape index (κ2) is 7.68. The number of fused-ring (bicyclic) bond motifs is 1. The van der Waals surface area contributed by atoms with Crippen molar-refractivity contribution in [3.63, 3.8) is 0 Å². The summed E-state index contributed by atoms with van der Waals surface area (Å²) in [7, 11) is 0. The van der Waals surface area contributed by atoms with E-state index < -0.39 is 11.6 Å². The summed E-state index contributed by atoms with van der Waals surface area (Å²) in [5.74, 6) is 0.490. The molecule has 5 heteroatoms. The highest BCUT2D eigenvalue weighted by Crippen LogP contribution is 2.43. The number of rotatable bonds is 3. The summed E-state index contributed by atoms with van der Waals surface area (Å²) in [5, 5.41) is 18.9. The topological polar surface area (TPSA) is 76.0 Å². The van der Waals surface area contributed by atoms with Crippen LogP contribution in [-0.4, -0.2) is 35.0 Å². The lowest BCUT2D eigenvalue weighted by Gasteiger charge is -2.35. The third-order valence-corrected chi connectivity index (χ3v) is 4.28. The fraction of sp³-hybridized carbons (Fsp3) is 0.611. The predicted molar refractivity (Wildman–Crippen MR) is 91.2 cm³/mol. The van der Waals surface area contributed by atoms with Crippen molar-refractivity contribution in [2.75, 3.05) is 13.2 Å². The van der Waals surface area contributed by atoms with Crippen molar-refractivity contribution in [1.29, 1.82) is 0 Å². The van der Waals surface area contributed by atoms with Crippen LogP contribution in [0.15, 0.2) is 0 Å². The molecular formula is C18H30O5. The van der Waals surface area contributed by atoms with Crippen LogP contribution in [-0.2, 0) is 16.0 Å². The standard InChI is InChI=1S/C16H22O5.2CH4/c1-9-10(2)14-12(11(3)13(9)18)5-6-16(4,21-14)15(19)20-8-7-17;;/h17-18H,5-8H2,1-4H3;2*1H4/t16-;;/m0../s1. The van der Waals surface area contributed by atoms with Gasteiger partial charge in [-0.15, -0.1) is 0 Å². The van der Waals surface area contributed by atoms with Gasteiger partial charge in [0.2, 0.25) is 5.60 Å². The Morgan fingerprint density at radius 3 is 2.39 bits per heavy atom. The van der Waals surface area contributed by atoms with Gasteiger partial charge in [-0.25, -0.2) is 4.79 Å². The Kier molecular flexibility index (Phi) is 7.10. The molecule has 1 aliphatic heterocycles. The van der Waals surface area contributed by atoms with Gasteiger partial charge in [0.1, 0.15) is 18.1 Å². The van der Waals surface area contributed by atoms with Crippen molar-refractivity contribution in [1.82, 2.24) is 0 Å². The first-order chi connectivity index (χ1) is 9.81. The van der Waals surface area contributed by atoms with Gasteiger partial charge in [-0.2, -0.15) is 0 Å². The maximum Gasteiger partial charge on any atom is 0.350 e. The molecule has 0 aromatic heterocycles. The van der Waals surface area contributed by atoms with E-state index in [0.29, 0.717) is 24.3 Å². The molecule has 0 fully saturated rings. The van der Waals surface area contributed by atoms with Crippen molar-refractivity contribution >= 4 is 5.97 Å². The molecule has 1 heterocycles. The van der Waals surface area contributed by atoms with E-state index in [4.69, 9.17) is 14.6 Å². The molecule has 2 N–H and O–H groups in total. The number of carbonyl (C=O) groups excluding carboxylic acids is 1. The Morgan fingerprint density at radius 2 is 1.83 bits per heavy atom. The molecule has 0 unspecified atom stereocenters. The van der Waals surface area contributed by atoms with Crippen LogP contribution in [0.2, 0.25) is 0 Å². The molecule has 132 valence electrons. The lowest BCUT2D eigenvalue weighted by molar-refractivity contribution is -0.163. The molecule has 0 aliphatic carbocycles. The van der Waals surface area contributed by atoms with Crippen molar-refractivity contribution in [2.45, 2.75) is 61.0 Å². The lowest BCUT2D eigenvalue weighted by atomic mass is 9.87. The van der Waals surface area contributed by atoms with Crippen molar-refractivity contribution in [3.8, 4) is 11.5 Å². The summed E-state index contributed by atoms with van der Waals surface area (Å²) in [6.45, 7) is 7.03. The van der Waals surface area contributed by atoms with Gasteiger partial charge in [0.05, 0.1) is 6.61 Å². The van der Waals surface area contributed by atoms with Crippen LogP contribution in [0.1, 0.15) is 50.5 Å². The smallest absolute Gasteiger partial charge is 0.350 e. The zero-order valence-electron chi connectivity index (χ0n) is 12.9. The quantitative estimate of drug-likeness (QED) is 0.834. The van der Waals surface area contributed by atoms with E-state index >= 15 is 0 Å². The molecule has 2 rings (SSSR count). The van der Waals surface area contributed by atoms with Crippen LogP contribution < -0.4 is 4.74 Å². The molecule has 0 spiro atoms. The zero-order chi connectivity index (χ0) is 15.8. The van der Waals surface area contributed by atoms with E-state index in [2.05, 4.69) is 0 Å². The normalized spacial score (nSPS) is 18.8. The molecule has 0 saturated heterocycles. The molecular weight excluding hydrogens is 296 g/mol. The molecule has 1 atom stereocenters. The number of aliphatic hydroxyl groups is 1. The average Bonchev–Trinajstić information content (AvgIpc) is 2.48. The Bertz CT molecular complexity index is 580. The highest BCUT2D eigenvalue weighted by molar-refractivity contribution is 5.80. The lowest BCUT2D eigenvalue weighted by Crippen LogP contribution is -2.46. The summed E-state index contributed by atoms with van der Waals surface area (Å²) in [5.41, 5.74) is 2.30. The van der Waals surface area contributed by atoms with E-state index in [0.717, 1.165) is 22.3 Å². The summed E-state index contributed by atoms with van der Waals surface area (Å²) in [6, 6.07) is 0. The largest absolute Gasteiger partial charge is 0.507 e. The van der Waals surface area contributed by atoms with E-state index in [9.17, 15) is 9.90 Å². The minimum Gasteiger partial charge on any atom is -0.507 e.